The third-order valence-corrected chi connectivity index (χ3v) is 3.93. The van der Waals surface area contributed by atoms with E-state index in [0.29, 0.717) is 0 Å². The molecule has 1 heterocycles. The van der Waals surface area contributed by atoms with E-state index in [1.54, 1.807) is 0 Å². The molecule has 110 valence electrons. The van der Waals surface area contributed by atoms with E-state index in [1.165, 1.54) is 76.3 Å². The first kappa shape index (κ1) is 16.3. The second kappa shape index (κ2) is 11.1. The molecular formula is C17H32N2. The zero-order valence-corrected chi connectivity index (χ0v) is 13.0. The van der Waals surface area contributed by atoms with Gasteiger partial charge in [0.25, 0.3) is 0 Å². The van der Waals surface area contributed by atoms with Crippen molar-refractivity contribution >= 4 is 0 Å². The summed E-state index contributed by atoms with van der Waals surface area (Å²) in [5.74, 6) is 0. The summed E-state index contributed by atoms with van der Waals surface area (Å²) >= 11 is 0. The first-order valence-electron chi connectivity index (χ1n) is 8.37. The summed E-state index contributed by atoms with van der Waals surface area (Å²) in [5, 5.41) is 0. The SMILES string of the molecule is CCCCCCCCCCCCc1cncn1CC. The summed E-state index contributed by atoms with van der Waals surface area (Å²) in [7, 11) is 0. The zero-order chi connectivity index (χ0) is 13.8. The van der Waals surface area contributed by atoms with Gasteiger partial charge >= 0.3 is 0 Å². The third kappa shape index (κ3) is 7.39. The Morgan fingerprint density at radius 3 is 2.00 bits per heavy atom. The molecule has 0 aliphatic heterocycles. The second-order valence-electron chi connectivity index (χ2n) is 5.60. The second-order valence-corrected chi connectivity index (χ2v) is 5.60. The summed E-state index contributed by atoms with van der Waals surface area (Å²) in [5.41, 5.74) is 1.40. The van der Waals surface area contributed by atoms with Crippen LogP contribution in [0, 0.1) is 0 Å². The van der Waals surface area contributed by atoms with Gasteiger partial charge in [0, 0.05) is 18.4 Å². The van der Waals surface area contributed by atoms with Crippen LogP contribution in [0.4, 0.5) is 0 Å². The van der Waals surface area contributed by atoms with E-state index in [4.69, 9.17) is 0 Å². The van der Waals surface area contributed by atoms with Crippen LogP contribution in [0.2, 0.25) is 0 Å². The van der Waals surface area contributed by atoms with E-state index in [1.807, 2.05) is 12.5 Å². The molecule has 2 nitrogen and oxygen atoms in total. The van der Waals surface area contributed by atoms with Gasteiger partial charge in [-0.15, -0.1) is 0 Å². The molecular weight excluding hydrogens is 232 g/mol. The lowest BCUT2D eigenvalue weighted by Crippen LogP contribution is -1.98. The molecule has 0 unspecified atom stereocenters. The van der Waals surface area contributed by atoms with Gasteiger partial charge in [-0.1, -0.05) is 64.7 Å². The number of aromatic nitrogens is 2. The summed E-state index contributed by atoms with van der Waals surface area (Å²) in [6.45, 7) is 5.52. The normalized spacial score (nSPS) is 11.1. The highest BCUT2D eigenvalue weighted by molar-refractivity contribution is 4.98. The maximum atomic E-state index is 4.22. The van der Waals surface area contributed by atoms with Crippen molar-refractivity contribution in [1.82, 2.24) is 9.55 Å². The van der Waals surface area contributed by atoms with Crippen LogP contribution in [0.3, 0.4) is 0 Å². The molecule has 0 aromatic carbocycles. The minimum atomic E-state index is 1.05. The molecule has 19 heavy (non-hydrogen) atoms. The fraction of sp³-hybridized carbons (Fsp3) is 0.824. The topological polar surface area (TPSA) is 17.8 Å². The zero-order valence-electron chi connectivity index (χ0n) is 13.0. The number of hydrogen-bond acceptors (Lipinski definition) is 1. The highest BCUT2D eigenvalue weighted by Crippen LogP contribution is 2.12. The number of unbranched alkanes of at least 4 members (excludes halogenated alkanes) is 9. The molecule has 0 saturated carbocycles. The van der Waals surface area contributed by atoms with Crippen LogP contribution >= 0.6 is 0 Å². The van der Waals surface area contributed by atoms with Crippen LogP contribution in [-0.2, 0) is 13.0 Å². The van der Waals surface area contributed by atoms with Gasteiger partial charge in [-0.05, 0) is 19.8 Å². The number of nitrogens with zero attached hydrogens (tertiary/aromatic N) is 2. The third-order valence-electron chi connectivity index (χ3n) is 3.93. The van der Waals surface area contributed by atoms with E-state index >= 15 is 0 Å². The van der Waals surface area contributed by atoms with Crippen LogP contribution in [-0.4, -0.2) is 9.55 Å². The van der Waals surface area contributed by atoms with Crippen molar-refractivity contribution in [3.63, 3.8) is 0 Å². The summed E-state index contributed by atoms with van der Waals surface area (Å²) in [4.78, 5) is 4.22. The largest absolute Gasteiger partial charge is 0.335 e. The predicted molar refractivity (Wildman–Crippen MR) is 83.4 cm³/mol. The molecule has 0 bridgehead atoms. The summed E-state index contributed by atoms with van der Waals surface area (Å²) in [6.07, 6.45) is 19.3. The number of aryl methyl sites for hydroxylation is 2. The van der Waals surface area contributed by atoms with E-state index in [-0.39, 0.29) is 0 Å². The molecule has 1 aromatic heterocycles. The maximum absolute atomic E-state index is 4.22. The van der Waals surface area contributed by atoms with Crippen LogP contribution in [0.1, 0.15) is 83.7 Å². The van der Waals surface area contributed by atoms with Crippen molar-refractivity contribution in [3.05, 3.63) is 18.2 Å². The molecule has 0 atom stereocenters. The minimum absolute atomic E-state index is 1.05. The lowest BCUT2D eigenvalue weighted by Gasteiger charge is -2.05. The molecule has 0 saturated heterocycles. The molecule has 0 radical (unpaired) electrons. The van der Waals surface area contributed by atoms with E-state index in [2.05, 4.69) is 23.4 Å². The molecule has 0 aliphatic carbocycles. The van der Waals surface area contributed by atoms with Crippen molar-refractivity contribution in [2.75, 3.05) is 0 Å². The van der Waals surface area contributed by atoms with E-state index in [9.17, 15) is 0 Å². The van der Waals surface area contributed by atoms with Crippen LogP contribution in [0.15, 0.2) is 12.5 Å². The average Bonchev–Trinajstić information content (AvgIpc) is 2.88. The van der Waals surface area contributed by atoms with E-state index < -0.39 is 0 Å². The monoisotopic (exact) mass is 264 g/mol. The molecule has 0 fully saturated rings. The number of rotatable bonds is 12. The first-order valence-corrected chi connectivity index (χ1v) is 8.37. The fourth-order valence-corrected chi connectivity index (χ4v) is 2.63. The van der Waals surface area contributed by atoms with Crippen molar-refractivity contribution in [1.29, 1.82) is 0 Å². The molecule has 0 spiro atoms. The Hall–Kier alpha value is -0.790. The van der Waals surface area contributed by atoms with Crippen LogP contribution < -0.4 is 0 Å². The Morgan fingerprint density at radius 1 is 0.842 bits per heavy atom. The highest BCUT2D eigenvalue weighted by atomic mass is 15.0. The lowest BCUT2D eigenvalue weighted by atomic mass is 10.1. The van der Waals surface area contributed by atoms with Gasteiger partial charge in [-0.25, -0.2) is 4.98 Å². The highest BCUT2D eigenvalue weighted by Gasteiger charge is 1.99. The van der Waals surface area contributed by atoms with Crippen molar-refractivity contribution in [3.8, 4) is 0 Å². The Balaban J connectivity index is 1.89. The smallest absolute Gasteiger partial charge is 0.0948 e. The van der Waals surface area contributed by atoms with Crippen molar-refractivity contribution in [2.45, 2.75) is 91.0 Å². The Morgan fingerprint density at radius 2 is 1.42 bits per heavy atom. The first-order chi connectivity index (χ1) is 9.38. The van der Waals surface area contributed by atoms with Gasteiger partial charge in [0.15, 0.2) is 0 Å². The van der Waals surface area contributed by atoms with E-state index in [0.717, 1.165) is 6.54 Å². The Kier molecular flexibility index (Phi) is 9.48. The predicted octanol–water partition coefficient (Wildman–Crippen LogP) is 5.37. The average molecular weight is 264 g/mol. The Labute approximate surface area is 119 Å². The van der Waals surface area contributed by atoms with Gasteiger partial charge in [-0.2, -0.15) is 0 Å². The van der Waals surface area contributed by atoms with Gasteiger partial charge in [0.05, 0.1) is 6.33 Å². The van der Waals surface area contributed by atoms with Gasteiger partial charge in [0.2, 0.25) is 0 Å². The summed E-state index contributed by atoms with van der Waals surface area (Å²) in [6, 6.07) is 0. The number of imidazole rings is 1. The standard InChI is InChI=1S/C17H32N2/c1-3-5-6-7-8-9-10-11-12-13-14-17-15-18-16-19(17)4-2/h15-16H,3-14H2,1-2H3. The quantitative estimate of drug-likeness (QED) is 0.464. The molecule has 0 amide bonds. The fourth-order valence-electron chi connectivity index (χ4n) is 2.63. The van der Waals surface area contributed by atoms with Crippen LogP contribution in [0.5, 0.6) is 0 Å². The summed E-state index contributed by atoms with van der Waals surface area (Å²) < 4.78 is 2.26. The van der Waals surface area contributed by atoms with Gasteiger partial charge < -0.3 is 4.57 Å². The number of hydrogen-bond donors (Lipinski definition) is 0. The maximum Gasteiger partial charge on any atom is 0.0948 e. The Bertz CT molecular complexity index is 304. The molecule has 0 N–H and O–H groups in total. The van der Waals surface area contributed by atoms with Crippen LogP contribution in [0.25, 0.3) is 0 Å². The molecule has 2 heteroatoms. The molecule has 0 aliphatic rings. The molecule has 1 aromatic rings. The minimum Gasteiger partial charge on any atom is -0.335 e. The lowest BCUT2D eigenvalue weighted by molar-refractivity contribution is 0.552. The van der Waals surface area contributed by atoms with Crippen molar-refractivity contribution < 1.29 is 0 Å². The van der Waals surface area contributed by atoms with Gasteiger partial charge in [-0.3, -0.25) is 0 Å². The molecule has 1 rings (SSSR count). The van der Waals surface area contributed by atoms with Crippen molar-refractivity contribution in [2.24, 2.45) is 0 Å². The van der Waals surface area contributed by atoms with Gasteiger partial charge in [0.1, 0.15) is 0 Å².